The lowest BCUT2D eigenvalue weighted by atomic mass is 9.95. The number of rotatable bonds is 5. The van der Waals surface area contributed by atoms with E-state index in [9.17, 15) is 19.2 Å². The summed E-state index contributed by atoms with van der Waals surface area (Å²) in [5.74, 6) is -3.00. The monoisotopic (exact) mass is 540 g/mol. The van der Waals surface area contributed by atoms with E-state index >= 15 is 0 Å². The Bertz CT molecular complexity index is 1170. The molecule has 2 heterocycles. The molecule has 4 N–H and O–H groups in total. The Labute approximate surface area is 225 Å². The van der Waals surface area contributed by atoms with Crippen molar-refractivity contribution >= 4 is 23.9 Å². The van der Waals surface area contributed by atoms with E-state index in [-0.39, 0.29) is 0 Å². The maximum absolute atomic E-state index is 9.55. The Hall–Kier alpha value is -4.48. The molecule has 2 aromatic rings. The molecule has 0 spiro atoms. The predicted molar refractivity (Wildman–Crippen MR) is 142 cm³/mol. The van der Waals surface area contributed by atoms with Crippen LogP contribution in [0.25, 0.3) is 0 Å². The number of benzene rings is 2. The first-order valence-electron chi connectivity index (χ1n) is 12.0. The molecule has 2 aliphatic heterocycles. The van der Waals surface area contributed by atoms with E-state index in [2.05, 4.69) is 66.2 Å². The molecule has 1 saturated heterocycles. The summed E-state index contributed by atoms with van der Waals surface area (Å²) in [6, 6.07) is 15.5. The van der Waals surface area contributed by atoms with Gasteiger partial charge in [-0.2, -0.15) is 0 Å². The number of aryl methyl sites for hydroxylation is 1. The normalized spacial score (nSPS) is 16.8. The van der Waals surface area contributed by atoms with Gasteiger partial charge in [-0.15, -0.1) is 0 Å². The zero-order valence-corrected chi connectivity index (χ0v) is 21.7. The Morgan fingerprint density at radius 2 is 1.28 bits per heavy atom. The third-order valence-electron chi connectivity index (χ3n) is 5.85. The molecule has 0 aromatic heterocycles. The highest BCUT2D eigenvalue weighted by atomic mass is 16.5. The van der Waals surface area contributed by atoms with Crippen LogP contribution in [0.4, 0.5) is 0 Å². The summed E-state index contributed by atoms with van der Waals surface area (Å²) in [6.07, 6.45) is 3.26. The van der Waals surface area contributed by atoms with Gasteiger partial charge in [0.1, 0.15) is 11.5 Å². The third kappa shape index (κ3) is 10.8. The maximum Gasteiger partial charge on any atom is 0.328 e. The summed E-state index contributed by atoms with van der Waals surface area (Å²) in [6.45, 7) is 6.69. The fourth-order valence-electron chi connectivity index (χ4n) is 3.97. The molecular formula is C28H32N2O9. The van der Waals surface area contributed by atoms with E-state index in [1.54, 1.807) is 0 Å². The topological polar surface area (TPSA) is 165 Å². The van der Waals surface area contributed by atoms with Crippen LogP contribution in [-0.2, 0) is 25.6 Å². The number of hydrogen-bond acceptors (Lipinski definition) is 7. The summed E-state index contributed by atoms with van der Waals surface area (Å²) in [7, 11) is 2.21. The number of ether oxygens (including phenoxy) is 1. The van der Waals surface area contributed by atoms with E-state index in [1.807, 2.05) is 0 Å². The number of piperazine rings is 1. The fourth-order valence-corrected chi connectivity index (χ4v) is 3.97. The van der Waals surface area contributed by atoms with Gasteiger partial charge in [0.25, 0.3) is 0 Å². The molecule has 0 bridgehead atoms. The Kier molecular flexibility index (Phi) is 11.9. The lowest BCUT2D eigenvalue weighted by Gasteiger charge is -2.38. The first kappa shape index (κ1) is 30.7. The molecule has 11 nitrogen and oxygen atoms in total. The highest BCUT2D eigenvalue weighted by Gasteiger charge is 2.29. The Balaban J connectivity index is 0.000000277. The molecule has 2 aliphatic rings. The van der Waals surface area contributed by atoms with Crippen LogP contribution in [-0.4, -0.2) is 87.3 Å². The highest BCUT2D eigenvalue weighted by Crippen LogP contribution is 2.41. The molecule has 0 aliphatic carbocycles. The molecule has 11 heteroatoms. The minimum atomic E-state index is -1.26. The molecule has 1 fully saturated rings. The standard InChI is InChI=1S/C20H24N2O.2C4H4O4/c1-15-7-8-20-17(13-15)18(22-11-9-21(2)10-12-22)14-16-5-3-4-6-19(16)23-20;2*5-3(6)1-2-4(7)8/h3-8,13,18H,9-12,14H2,1-2H3;2*1-2H,(H,5,6)(H,7,8)/b;2*2-1+. The Morgan fingerprint density at radius 3 is 1.79 bits per heavy atom. The van der Waals surface area contributed by atoms with Gasteiger partial charge in [0.15, 0.2) is 0 Å². The van der Waals surface area contributed by atoms with E-state index in [1.165, 1.54) is 16.7 Å². The summed E-state index contributed by atoms with van der Waals surface area (Å²) >= 11 is 0. The van der Waals surface area contributed by atoms with Crippen LogP contribution in [0, 0.1) is 6.92 Å². The number of carboxylic acids is 4. The van der Waals surface area contributed by atoms with Crippen LogP contribution in [0.5, 0.6) is 11.5 Å². The highest BCUT2D eigenvalue weighted by molar-refractivity contribution is 5.90. The van der Waals surface area contributed by atoms with Crippen LogP contribution in [0.2, 0.25) is 0 Å². The molecule has 4 rings (SSSR count). The third-order valence-corrected chi connectivity index (χ3v) is 5.85. The zero-order chi connectivity index (χ0) is 28.9. The molecule has 0 radical (unpaired) electrons. The average Bonchev–Trinajstić information content (AvgIpc) is 3.04. The number of hydrogen-bond donors (Lipinski definition) is 4. The van der Waals surface area contributed by atoms with Gasteiger partial charge in [0.05, 0.1) is 0 Å². The quantitative estimate of drug-likeness (QED) is 0.412. The molecule has 1 unspecified atom stereocenters. The lowest BCUT2D eigenvalue weighted by Crippen LogP contribution is -2.46. The number of carboxylic acid groups (broad SMARTS) is 4. The minimum Gasteiger partial charge on any atom is -0.478 e. The van der Waals surface area contributed by atoms with Gasteiger partial charge in [-0.25, -0.2) is 19.2 Å². The first-order chi connectivity index (χ1) is 18.5. The average molecular weight is 541 g/mol. The second-order valence-electron chi connectivity index (χ2n) is 8.83. The van der Waals surface area contributed by atoms with Crippen molar-refractivity contribution in [1.29, 1.82) is 0 Å². The molecule has 208 valence electrons. The number of likely N-dealkylation sites (N-methyl/N-ethyl adjacent to an activating group) is 1. The van der Waals surface area contributed by atoms with E-state index < -0.39 is 23.9 Å². The number of para-hydroxylation sites is 1. The van der Waals surface area contributed by atoms with Crippen molar-refractivity contribution < 1.29 is 44.3 Å². The predicted octanol–water partition coefficient (Wildman–Crippen LogP) is 3.06. The molecular weight excluding hydrogens is 508 g/mol. The van der Waals surface area contributed by atoms with Crippen LogP contribution in [0.1, 0.15) is 22.7 Å². The second kappa shape index (κ2) is 15.1. The van der Waals surface area contributed by atoms with Crippen molar-refractivity contribution in [3.63, 3.8) is 0 Å². The summed E-state index contributed by atoms with van der Waals surface area (Å²) in [4.78, 5) is 43.3. The van der Waals surface area contributed by atoms with Crippen molar-refractivity contribution in [2.45, 2.75) is 19.4 Å². The van der Waals surface area contributed by atoms with Crippen LogP contribution in [0.15, 0.2) is 66.8 Å². The van der Waals surface area contributed by atoms with Crippen molar-refractivity contribution in [1.82, 2.24) is 9.80 Å². The SMILES string of the molecule is Cc1ccc2c(c1)C(N1CCN(C)CC1)Cc1ccccc1O2.O=C(O)/C=C/C(=O)O.O=C(O)/C=C/C(=O)O. The van der Waals surface area contributed by atoms with Gasteiger partial charge < -0.3 is 30.1 Å². The summed E-state index contributed by atoms with van der Waals surface area (Å²) in [5, 5.41) is 31.2. The molecule has 0 amide bonds. The van der Waals surface area contributed by atoms with Crippen LogP contribution >= 0.6 is 0 Å². The molecule has 0 saturated carbocycles. The molecule has 1 atom stereocenters. The summed E-state index contributed by atoms with van der Waals surface area (Å²) in [5.41, 5.74) is 3.95. The van der Waals surface area contributed by atoms with Gasteiger partial charge >= 0.3 is 23.9 Å². The van der Waals surface area contributed by atoms with Gasteiger partial charge in [0, 0.05) is 62.1 Å². The van der Waals surface area contributed by atoms with Gasteiger partial charge in [-0.3, -0.25) is 4.90 Å². The second-order valence-corrected chi connectivity index (χ2v) is 8.83. The van der Waals surface area contributed by atoms with Crippen LogP contribution < -0.4 is 4.74 Å². The zero-order valence-electron chi connectivity index (χ0n) is 21.7. The largest absolute Gasteiger partial charge is 0.478 e. The van der Waals surface area contributed by atoms with E-state index in [0.717, 1.165) is 44.1 Å². The van der Waals surface area contributed by atoms with Gasteiger partial charge in [-0.1, -0.05) is 35.9 Å². The van der Waals surface area contributed by atoms with Crippen molar-refractivity contribution in [3.8, 4) is 11.5 Å². The first-order valence-corrected chi connectivity index (χ1v) is 12.0. The molecule has 2 aromatic carbocycles. The van der Waals surface area contributed by atoms with Crippen molar-refractivity contribution in [3.05, 3.63) is 83.5 Å². The number of nitrogens with zero attached hydrogens (tertiary/aromatic N) is 2. The van der Waals surface area contributed by atoms with Gasteiger partial charge in [0.2, 0.25) is 0 Å². The number of fused-ring (bicyclic) bond motifs is 2. The van der Waals surface area contributed by atoms with E-state index in [0.29, 0.717) is 30.3 Å². The van der Waals surface area contributed by atoms with Crippen molar-refractivity contribution in [2.75, 3.05) is 33.2 Å². The maximum atomic E-state index is 9.55. The van der Waals surface area contributed by atoms with Crippen molar-refractivity contribution in [2.24, 2.45) is 0 Å². The minimum absolute atomic E-state index is 0.405. The summed E-state index contributed by atoms with van der Waals surface area (Å²) < 4.78 is 6.26. The molecule has 39 heavy (non-hydrogen) atoms. The lowest BCUT2D eigenvalue weighted by molar-refractivity contribution is -0.134. The van der Waals surface area contributed by atoms with E-state index in [4.69, 9.17) is 25.2 Å². The number of aliphatic carboxylic acids is 4. The van der Waals surface area contributed by atoms with Crippen LogP contribution in [0.3, 0.4) is 0 Å². The van der Waals surface area contributed by atoms with Gasteiger partial charge in [-0.05, 0) is 38.1 Å². The smallest absolute Gasteiger partial charge is 0.328 e. The number of carbonyl (C=O) groups is 4. The Morgan fingerprint density at radius 1 is 0.769 bits per heavy atom. The fraction of sp³-hybridized carbons (Fsp3) is 0.286.